The SMILES string of the molecule is COC(=O)C(C)(C)CSc1sc(N)nc1C. The summed E-state index contributed by atoms with van der Waals surface area (Å²) in [5, 5.41) is 0.566. The fraction of sp³-hybridized carbons (Fsp3) is 0.600. The zero-order chi connectivity index (χ0) is 12.3. The average Bonchev–Trinajstić information content (AvgIpc) is 2.53. The van der Waals surface area contributed by atoms with E-state index < -0.39 is 5.41 Å². The van der Waals surface area contributed by atoms with E-state index in [1.165, 1.54) is 18.4 Å². The first-order valence-corrected chi connectivity index (χ1v) is 6.61. The Morgan fingerprint density at radius 1 is 1.62 bits per heavy atom. The van der Waals surface area contributed by atoms with Crippen LogP contribution in [0.25, 0.3) is 0 Å². The van der Waals surface area contributed by atoms with Gasteiger partial charge in [-0.1, -0.05) is 11.3 Å². The Morgan fingerprint density at radius 3 is 2.69 bits per heavy atom. The van der Waals surface area contributed by atoms with E-state index in [0.717, 1.165) is 9.90 Å². The zero-order valence-electron chi connectivity index (χ0n) is 9.86. The van der Waals surface area contributed by atoms with Crippen molar-refractivity contribution in [1.82, 2.24) is 4.98 Å². The minimum atomic E-state index is -0.495. The van der Waals surface area contributed by atoms with Gasteiger partial charge in [-0.05, 0) is 20.8 Å². The first-order valence-electron chi connectivity index (χ1n) is 4.81. The second-order valence-corrected chi connectivity index (χ2v) is 6.36. The number of carbonyl (C=O) groups is 1. The Balaban J connectivity index is 2.64. The van der Waals surface area contributed by atoms with E-state index >= 15 is 0 Å². The molecule has 6 heteroatoms. The number of thioether (sulfide) groups is 1. The standard InChI is InChI=1S/C10H16N2O2S2/c1-6-7(16-9(11)12-6)15-5-10(2,3)8(13)14-4/h5H2,1-4H3,(H2,11,12). The monoisotopic (exact) mass is 260 g/mol. The van der Waals surface area contributed by atoms with Crippen LogP contribution < -0.4 is 5.73 Å². The Kier molecular flexibility index (Phi) is 4.21. The predicted molar refractivity (Wildman–Crippen MR) is 67.8 cm³/mol. The molecule has 0 amide bonds. The molecule has 1 aromatic rings. The third kappa shape index (κ3) is 3.12. The van der Waals surface area contributed by atoms with Gasteiger partial charge in [0.15, 0.2) is 5.13 Å². The highest BCUT2D eigenvalue weighted by Gasteiger charge is 2.29. The summed E-state index contributed by atoms with van der Waals surface area (Å²) >= 11 is 3.05. The minimum Gasteiger partial charge on any atom is -0.469 e. The van der Waals surface area contributed by atoms with Crippen molar-refractivity contribution in [2.45, 2.75) is 25.0 Å². The smallest absolute Gasteiger partial charge is 0.312 e. The highest BCUT2D eigenvalue weighted by Crippen LogP contribution is 2.35. The third-order valence-electron chi connectivity index (χ3n) is 2.07. The van der Waals surface area contributed by atoms with Gasteiger partial charge in [-0.25, -0.2) is 4.98 Å². The number of hydrogen-bond donors (Lipinski definition) is 1. The maximum atomic E-state index is 11.5. The number of aryl methyl sites for hydroxylation is 1. The van der Waals surface area contributed by atoms with Crippen LogP contribution in [0.2, 0.25) is 0 Å². The Bertz CT molecular complexity index is 388. The molecule has 0 aliphatic carbocycles. The van der Waals surface area contributed by atoms with E-state index in [2.05, 4.69) is 4.98 Å². The van der Waals surface area contributed by atoms with E-state index in [9.17, 15) is 4.79 Å². The molecule has 0 bridgehead atoms. The van der Waals surface area contributed by atoms with Gasteiger partial charge in [0.1, 0.15) is 0 Å². The van der Waals surface area contributed by atoms with Crippen molar-refractivity contribution in [3.8, 4) is 0 Å². The van der Waals surface area contributed by atoms with E-state index in [4.69, 9.17) is 10.5 Å². The summed E-state index contributed by atoms with van der Waals surface area (Å²) in [6, 6.07) is 0. The van der Waals surface area contributed by atoms with Crippen LogP contribution >= 0.6 is 23.1 Å². The maximum Gasteiger partial charge on any atom is 0.312 e. The highest BCUT2D eigenvalue weighted by atomic mass is 32.2. The van der Waals surface area contributed by atoms with Gasteiger partial charge in [0.25, 0.3) is 0 Å². The molecule has 0 saturated carbocycles. The molecule has 0 radical (unpaired) electrons. The van der Waals surface area contributed by atoms with E-state index in [0.29, 0.717) is 10.9 Å². The number of anilines is 1. The average molecular weight is 260 g/mol. The number of nitrogens with two attached hydrogens (primary N) is 1. The summed E-state index contributed by atoms with van der Waals surface area (Å²) in [6.07, 6.45) is 0. The predicted octanol–water partition coefficient (Wildman–Crippen LogP) is 2.33. The molecule has 16 heavy (non-hydrogen) atoms. The second-order valence-electron chi connectivity index (χ2n) is 4.09. The summed E-state index contributed by atoms with van der Waals surface area (Å²) < 4.78 is 5.81. The molecule has 4 nitrogen and oxygen atoms in total. The molecule has 1 heterocycles. The van der Waals surface area contributed by atoms with Crippen LogP contribution in [-0.4, -0.2) is 23.8 Å². The Morgan fingerprint density at radius 2 is 2.25 bits per heavy atom. The van der Waals surface area contributed by atoms with Crippen molar-refractivity contribution < 1.29 is 9.53 Å². The number of nitrogens with zero attached hydrogens (tertiary/aromatic N) is 1. The first-order chi connectivity index (χ1) is 7.36. The van der Waals surface area contributed by atoms with Crippen LogP contribution in [0.1, 0.15) is 19.5 Å². The quantitative estimate of drug-likeness (QED) is 0.665. The molecular formula is C10H16N2O2S2. The number of rotatable bonds is 4. The van der Waals surface area contributed by atoms with Crippen LogP contribution in [0.15, 0.2) is 4.21 Å². The lowest BCUT2D eigenvalue weighted by Crippen LogP contribution is -2.28. The molecule has 0 aliphatic rings. The zero-order valence-corrected chi connectivity index (χ0v) is 11.5. The number of esters is 1. The van der Waals surface area contributed by atoms with E-state index in [-0.39, 0.29) is 5.97 Å². The molecule has 90 valence electrons. The molecule has 0 atom stereocenters. The molecule has 0 saturated heterocycles. The van der Waals surface area contributed by atoms with Crippen LogP contribution in [0.4, 0.5) is 5.13 Å². The van der Waals surface area contributed by atoms with E-state index in [1.807, 2.05) is 20.8 Å². The molecule has 1 aromatic heterocycles. The number of hydrogen-bond acceptors (Lipinski definition) is 6. The molecule has 0 aliphatic heterocycles. The number of carbonyl (C=O) groups excluding carboxylic acids is 1. The first kappa shape index (κ1) is 13.3. The normalized spacial score (nSPS) is 11.5. The summed E-state index contributed by atoms with van der Waals surface area (Å²) in [4.78, 5) is 15.6. The highest BCUT2D eigenvalue weighted by molar-refractivity contribution is 8.01. The van der Waals surface area contributed by atoms with Crippen molar-refractivity contribution in [2.75, 3.05) is 18.6 Å². The summed E-state index contributed by atoms with van der Waals surface area (Å²) in [6.45, 7) is 5.65. The van der Waals surface area contributed by atoms with Crippen molar-refractivity contribution in [3.05, 3.63) is 5.69 Å². The van der Waals surface area contributed by atoms with Crippen molar-refractivity contribution in [2.24, 2.45) is 5.41 Å². The molecule has 1 rings (SSSR count). The minimum absolute atomic E-state index is 0.199. The van der Waals surface area contributed by atoms with Crippen molar-refractivity contribution in [1.29, 1.82) is 0 Å². The van der Waals surface area contributed by atoms with Gasteiger partial charge in [-0.15, -0.1) is 11.8 Å². The Hall–Kier alpha value is -0.750. The Labute approximate surface area is 104 Å². The lowest BCUT2D eigenvalue weighted by molar-refractivity contribution is -0.149. The lowest BCUT2D eigenvalue weighted by atomic mass is 9.97. The number of thiazole rings is 1. The van der Waals surface area contributed by atoms with Crippen LogP contribution in [0, 0.1) is 12.3 Å². The summed E-state index contributed by atoms with van der Waals surface area (Å²) in [7, 11) is 1.41. The topological polar surface area (TPSA) is 65.2 Å². The molecule has 0 spiro atoms. The van der Waals surface area contributed by atoms with Gasteiger partial charge < -0.3 is 10.5 Å². The van der Waals surface area contributed by atoms with Crippen molar-refractivity contribution >= 4 is 34.2 Å². The van der Waals surface area contributed by atoms with Crippen LogP contribution in [0.5, 0.6) is 0 Å². The largest absolute Gasteiger partial charge is 0.469 e. The number of aromatic nitrogens is 1. The molecule has 0 fully saturated rings. The van der Waals surface area contributed by atoms with Gasteiger partial charge in [-0.2, -0.15) is 0 Å². The van der Waals surface area contributed by atoms with E-state index in [1.54, 1.807) is 11.8 Å². The molecule has 0 aromatic carbocycles. The lowest BCUT2D eigenvalue weighted by Gasteiger charge is -2.20. The summed E-state index contributed by atoms with van der Waals surface area (Å²) in [5.41, 5.74) is 6.04. The fourth-order valence-electron chi connectivity index (χ4n) is 1.12. The molecule has 2 N–H and O–H groups in total. The summed E-state index contributed by atoms with van der Waals surface area (Å²) in [5.74, 6) is 0.456. The number of methoxy groups -OCH3 is 1. The van der Waals surface area contributed by atoms with Gasteiger partial charge >= 0.3 is 5.97 Å². The third-order valence-corrected chi connectivity index (χ3v) is 4.88. The van der Waals surface area contributed by atoms with Crippen LogP contribution in [-0.2, 0) is 9.53 Å². The molecule has 0 unspecified atom stereocenters. The second kappa shape index (κ2) is 5.05. The maximum absolute atomic E-state index is 11.5. The fourth-order valence-corrected chi connectivity index (χ4v) is 3.22. The van der Waals surface area contributed by atoms with Crippen LogP contribution in [0.3, 0.4) is 0 Å². The van der Waals surface area contributed by atoms with Gasteiger partial charge in [0.2, 0.25) is 0 Å². The van der Waals surface area contributed by atoms with Gasteiger partial charge in [0.05, 0.1) is 22.4 Å². The van der Waals surface area contributed by atoms with Gasteiger partial charge in [0, 0.05) is 5.75 Å². The number of nitrogen functional groups attached to an aromatic ring is 1. The van der Waals surface area contributed by atoms with Gasteiger partial charge in [-0.3, -0.25) is 4.79 Å². The molecular weight excluding hydrogens is 244 g/mol. The van der Waals surface area contributed by atoms with Crippen molar-refractivity contribution in [3.63, 3.8) is 0 Å². The number of ether oxygens (including phenoxy) is 1.